The van der Waals surface area contributed by atoms with Crippen molar-refractivity contribution >= 4 is 12.2 Å². The average molecular weight is 391 g/mol. The van der Waals surface area contributed by atoms with Crippen molar-refractivity contribution in [2.75, 3.05) is 14.1 Å². The highest BCUT2D eigenvalue weighted by molar-refractivity contribution is 5.75. The van der Waals surface area contributed by atoms with Crippen molar-refractivity contribution < 1.29 is 27.8 Å². The van der Waals surface area contributed by atoms with Crippen molar-refractivity contribution in [3.8, 4) is 11.5 Å². The van der Waals surface area contributed by atoms with Crippen LogP contribution in [0.15, 0.2) is 24.4 Å². The molecule has 0 saturated carbocycles. The number of hydrogen-bond donors (Lipinski definition) is 0. The Labute approximate surface area is 160 Å². The molecule has 1 aliphatic heterocycles. The summed E-state index contributed by atoms with van der Waals surface area (Å²) in [6.07, 6.45) is -0.0308. The van der Waals surface area contributed by atoms with Crippen LogP contribution in [-0.4, -0.2) is 41.1 Å². The minimum atomic E-state index is -0.773. The molecule has 2 aromatic rings. The highest BCUT2D eigenvalue weighted by atomic mass is 19.1. The molecule has 0 radical (unpaired) electrons. The van der Waals surface area contributed by atoms with Gasteiger partial charge in [-0.1, -0.05) is 0 Å². The molecule has 0 N–H and O–H groups in total. The van der Waals surface area contributed by atoms with Crippen LogP contribution in [0.1, 0.15) is 29.8 Å². The maximum atomic E-state index is 14.4. The van der Waals surface area contributed by atoms with Crippen molar-refractivity contribution in [2.45, 2.75) is 26.4 Å². The Morgan fingerprint density at radius 2 is 2.07 bits per heavy atom. The molecule has 3 rings (SSSR count). The molecule has 2 heterocycles. The molecule has 9 heteroatoms. The molecule has 1 aliphatic rings. The lowest BCUT2D eigenvalue weighted by Crippen LogP contribution is -2.39. The summed E-state index contributed by atoms with van der Waals surface area (Å²) in [5, 5.41) is 0. The van der Waals surface area contributed by atoms with E-state index in [1.165, 1.54) is 38.2 Å². The standard InChI is InChI=1S/C19H19F2N3O4/c1-10-17(21)12(5-6-22-10)9-24-11(2)13-7-14(20)16(28-18(25)23(3)4)8-15(13)27-19(24)26/h5-8,11H,9H2,1-4H3/t11-/m1/s1. The number of halogens is 2. The number of aromatic nitrogens is 1. The molecular weight excluding hydrogens is 372 g/mol. The summed E-state index contributed by atoms with van der Waals surface area (Å²) in [7, 11) is 2.91. The minimum Gasteiger partial charge on any atom is -0.410 e. The summed E-state index contributed by atoms with van der Waals surface area (Å²) in [6, 6.07) is 3.19. The fourth-order valence-corrected chi connectivity index (χ4v) is 2.82. The van der Waals surface area contributed by atoms with Gasteiger partial charge in [-0.3, -0.25) is 9.88 Å². The number of aryl methyl sites for hydroxylation is 1. The van der Waals surface area contributed by atoms with Crippen molar-refractivity contribution in [2.24, 2.45) is 0 Å². The predicted molar refractivity (Wildman–Crippen MR) is 95.0 cm³/mol. The van der Waals surface area contributed by atoms with Crippen LogP contribution in [0, 0.1) is 18.6 Å². The van der Waals surface area contributed by atoms with Gasteiger partial charge in [-0.05, 0) is 26.0 Å². The van der Waals surface area contributed by atoms with E-state index in [1.54, 1.807) is 6.92 Å². The van der Waals surface area contributed by atoms with Gasteiger partial charge in [-0.15, -0.1) is 0 Å². The van der Waals surface area contributed by atoms with Crippen molar-refractivity contribution in [1.29, 1.82) is 0 Å². The molecule has 1 atom stereocenters. The highest BCUT2D eigenvalue weighted by Crippen LogP contribution is 2.39. The first kappa shape index (κ1) is 19.5. The lowest BCUT2D eigenvalue weighted by molar-refractivity contribution is 0.116. The van der Waals surface area contributed by atoms with Crippen molar-refractivity contribution in [3.05, 3.63) is 52.9 Å². The van der Waals surface area contributed by atoms with Crippen LogP contribution in [0.5, 0.6) is 11.5 Å². The van der Waals surface area contributed by atoms with Gasteiger partial charge in [0, 0.05) is 37.5 Å². The number of hydrogen-bond acceptors (Lipinski definition) is 5. The fourth-order valence-electron chi connectivity index (χ4n) is 2.82. The maximum absolute atomic E-state index is 14.4. The molecule has 0 bridgehead atoms. The van der Waals surface area contributed by atoms with Gasteiger partial charge in [-0.25, -0.2) is 18.4 Å². The monoisotopic (exact) mass is 391 g/mol. The zero-order valence-corrected chi connectivity index (χ0v) is 15.8. The van der Waals surface area contributed by atoms with Gasteiger partial charge in [0.25, 0.3) is 0 Å². The molecular formula is C19H19F2N3O4. The number of carbonyl (C=O) groups excluding carboxylic acids is 2. The summed E-state index contributed by atoms with van der Waals surface area (Å²) in [6.45, 7) is 3.14. The van der Waals surface area contributed by atoms with Crippen LogP contribution < -0.4 is 9.47 Å². The average Bonchev–Trinajstić information content (AvgIpc) is 2.63. The first-order chi connectivity index (χ1) is 13.2. The van der Waals surface area contributed by atoms with Gasteiger partial charge in [0.05, 0.1) is 18.3 Å². The fraction of sp³-hybridized carbons (Fsp3) is 0.316. The molecule has 0 unspecified atom stereocenters. The Morgan fingerprint density at radius 1 is 1.36 bits per heavy atom. The van der Waals surface area contributed by atoms with Gasteiger partial charge in [0.2, 0.25) is 0 Å². The number of benzene rings is 1. The molecule has 1 aromatic heterocycles. The number of rotatable bonds is 3. The molecule has 2 amide bonds. The second kappa shape index (κ2) is 7.41. The molecule has 0 aliphatic carbocycles. The number of carbonyl (C=O) groups is 2. The topological polar surface area (TPSA) is 72.0 Å². The molecule has 148 valence electrons. The number of amides is 2. The SMILES string of the molecule is Cc1nccc(CN2C(=O)Oc3cc(OC(=O)N(C)C)c(F)cc3[C@H]2C)c1F. The number of ether oxygens (including phenoxy) is 2. The summed E-state index contributed by atoms with van der Waals surface area (Å²) in [5.41, 5.74) is 0.874. The summed E-state index contributed by atoms with van der Waals surface area (Å²) >= 11 is 0. The van der Waals surface area contributed by atoms with Crippen LogP contribution in [-0.2, 0) is 6.54 Å². The van der Waals surface area contributed by atoms with Crippen molar-refractivity contribution in [3.63, 3.8) is 0 Å². The Kier molecular flexibility index (Phi) is 5.17. The Balaban J connectivity index is 1.90. The third kappa shape index (κ3) is 3.60. The largest absolute Gasteiger partial charge is 0.416 e. The van der Waals surface area contributed by atoms with Crippen LogP contribution in [0.25, 0.3) is 0 Å². The number of pyridine rings is 1. The van der Waals surface area contributed by atoms with Crippen LogP contribution >= 0.6 is 0 Å². The molecule has 28 heavy (non-hydrogen) atoms. The van der Waals surface area contributed by atoms with E-state index in [2.05, 4.69) is 4.98 Å². The van der Waals surface area contributed by atoms with E-state index in [1.807, 2.05) is 0 Å². The van der Waals surface area contributed by atoms with Gasteiger partial charge >= 0.3 is 12.2 Å². The Morgan fingerprint density at radius 3 is 2.75 bits per heavy atom. The maximum Gasteiger partial charge on any atom is 0.416 e. The lowest BCUT2D eigenvalue weighted by Gasteiger charge is -2.34. The van der Waals surface area contributed by atoms with E-state index in [4.69, 9.17) is 9.47 Å². The second-order valence-electron chi connectivity index (χ2n) is 6.62. The third-order valence-electron chi connectivity index (χ3n) is 4.46. The third-order valence-corrected chi connectivity index (χ3v) is 4.46. The first-order valence-electron chi connectivity index (χ1n) is 8.50. The molecule has 1 aromatic carbocycles. The van der Waals surface area contributed by atoms with Crippen LogP contribution in [0.3, 0.4) is 0 Å². The van der Waals surface area contributed by atoms with E-state index >= 15 is 0 Å². The van der Waals surface area contributed by atoms with Crippen molar-refractivity contribution in [1.82, 2.24) is 14.8 Å². The van der Waals surface area contributed by atoms with Crippen LogP contribution in [0.4, 0.5) is 18.4 Å². The Hall–Kier alpha value is -3.23. The molecule has 7 nitrogen and oxygen atoms in total. The van der Waals surface area contributed by atoms with E-state index < -0.39 is 29.9 Å². The predicted octanol–water partition coefficient (Wildman–Crippen LogP) is 3.80. The van der Waals surface area contributed by atoms with Gasteiger partial charge in [0.1, 0.15) is 11.6 Å². The minimum absolute atomic E-state index is 0.0619. The normalized spacial score (nSPS) is 15.7. The first-order valence-corrected chi connectivity index (χ1v) is 8.50. The smallest absolute Gasteiger partial charge is 0.410 e. The molecule has 0 saturated heterocycles. The summed E-state index contributed by atoms with van der Waals surface area (Å²) in [4.78, 5) is 30.4. The van der Waals surface area contributed by atoms with Gasteiger partial charge in [-0.2, -0.15) is 0 Å². The molecule has 0 fully saturated rings. The quantitative estimate of drug-likeness (QED) is 0.796. The second-order valence-corrected chi connectivity index (χ2v) is 6.62. The van der Waals surface area contributed by atoms with E-state index in [0.29, 0.717) is 5.56 Å². The van der Waals surface area contributed by atoms with Crippen LogP contribution in [0.2, 0.25) is 0 Å². The van der Waals surface area contributed by atoms with E-state index in [-0.39, 0.29) is 29.3 Å². The number of fused-ring (bicyclic) bond motifs is 1. The highest BCUT2D eigenvalue weighted by Gasteiger charge is 2.34. The molecule has 0 spiro atoms. The number of nitrogens with zero attached hydrogens (tertiary/aromatic N) is 3. The zero-order valence-electron chi connectivity index (χ0n) is 15.8. The zero-order chi connectivity index (χ0) is 20.6. The van der Waals surface area contributed by atoms with Gasteiger partial charge < -0.3 is 14.4 Å². The summed E-state index contributed by atoms with van der Waals surface area (Å²) in [5.74, 6) is -1.54. The van der Waals surface area contributed by atoms with E-state index in [9.17, 15) is 18.4 Å². The Bertz CT molecular complexity index is 949. The van der Waals surface area contributed by atoms with E-state index in [0.717, 1.165) is 17.0 Å². The van der Waals surface area contributed by atoms with Gasteiger partial charge in [0.15, 0.2) is 11.6 Å². The summed E-state index contributed by atoms with van der Waals surface area (Å²) < 4.78 is 38.9. The lowest BCUT2D eigenvalue weighted by atomic mass is 10.0.